The number of rotatable bonds is 9. The predicted octanol–water partition coefficient (Wildman–Crippen LogP) is 2.82. The fraction of sp³-hybridized carbons (Fsp3) is 0.381. The number of benzene rings is 2. The van der Waals surface area contributed by atoms with E-state index in [1.165, 1.54) is 0 Å². The number of aryl methyl sites for hydroxylation is 3. The van der Waals surface area contributed by atoms with Crippen LogP contribution in [0.25, 0.3) is 0 Å². The summed E-state index contributed by atoms with van der Waals surface area (Å²) < 4.78 is 33.0. The second-order valence-corrected chi connectivity index (χ2v) is 8.63. The first-order valence-corrected chi connectivity index (χ1v) is 10.7. The maximum atomic E-state index is 12.5. The first kappa shape index (κ1) is 21.9. The predicted molar refractivity (Wildman–Crippen MR) is 110 cm³/mol. The third kappa shape index (κ3) is 6.35. The van der Waals surface area contributed by atoms with Crippen LogP contribution in [0.15, 0.2) is 47.4 Å². The lowest BCUT2D eigenvalue weighted by molar-refractivity contribution is -0.130. The van der Waals surface area contributed by atoms with Gasteiger partial charge in [0.1, 0.15) is 12.4 Å². The van der Waals surface area contributed by atoms with Gasteiger partial charge in [-0.05, 0) is 50.1 Å². The molecule has 0 saturated heterocycles. The number of carbonyl (C=O) groups excluding carboxylic acids is 1. The minimum atomic E-state index is -3.64. The van der Waals surface area contributed by atoms with E-state index < -0.39 is 10.0 Å². The molecule has 2 aromatic rings. The highest BCUT2D eigenvalue weighted by atomic mass is 32.2. The SMILES string of the molecule is Cc1ccc(OCCN(C)C(=O)CCNS(=O)(=O)c2cc(C)ccc2C)cc1. The lowest BCUT2D eigenvalue weighted by atomic mass is 10.2. The maximum Gasteiger partial charge on any atom is 0.240 e. The van der Waals surface area contributed by atoms with Crippen molar-refractivity contribution in [3.63, 3.8) is 0 Å². The Morgan fingerprint density at radius 3 is 2.36 bits per heavy atom. The van der Waals surface area contributed by atoms with Crippen molar-refractivity contribution in [1.82, 2.24) is 9.62 Å². The Labute approximate surface area is 167 Å². The highest BCUT2D eigenvalue weighted by Gasteiger charge is 2.17. The Morgan fingerprint density at radius 2 is 1.68 bits per heavy atom. The Balaban J connectivity index is 1.77. The van der Waals surface area contributed by atoms with Crippen molar-refractivity contribution in [2.45, 2.75) is 32.1 Å². The topological polar surface area (TPSA) is 75.7 Å². The van der Waals surface area contributed by atoms with E-state index in [2.05, 4.69) is 4.72 Å². The summed E-state index contributed by atoms with van der Waals surface area (Å²) in [5, 5.41) is 0. The van der Waals surface area contributed by atoms with Gasteiger partial charge in [-0.1, -0.05) is 29.8 Å². The number of sulfonamides is 1. The van der Waals surface area contributed by atoms with E-state index in [-0.39, 0.29) is 23.8 Å². The van der Waals surface area contributed by atoms with Crippen molar-refractivity contribution in [2.75, 3.05) is 26.7 Å². The molecule has 28 heavy (non-hydrogen) atoms. The molecule has 0 aliphatic carbocycles. The zero-order valence-electron chi connectivity index (χ0n) is 16.9. The van der Waals surface area contributed by atoms with Gasteiger partial charge in [0, 0.05) is 20.0 Å². The third-order valence-electron chi connectivity index (χ3n) is 4.41. The van der Waals surface area contributed by atoms with E-state index in [1.54, 1.807) is 31.0 Å². The zero-order chi connectivity index (χ0) is 20.7. The molecule has 1 N–H and O–H groups in total. The molecule has 0 heterocycles. The monoisotopic (exact) mass is 404 g/mol. The second-order valence-electron chi connectivity index (χ2n) is 6.89. The minimum absolute atomic E-state index is 0.0533. The summed E-state index contributed by atoms with van der Waals surface area (Å²) in [4.78, 5) is 14.0. The van der Waals surface area contributed by atoms with E-state index in [0.29, 0.717) is 18.7 Å². The average Bonchev–Trinajstić information content (AvgIpc) is 2.64. The largest absolute Gasteiger partial charge is 0.492 e. The molecule has 1 amide bonds. The zero-order valence-corrected chi connectivity index (χ0v) is 17.7. The standard InChI is InChI=1S/C21H28N2O4S/c1-16-6-9-19(10-7-16)27-14-13-23(4)21(24)11-12-22-28(25,26)20-15-17(2)5-8-18(20)3/h5-10,15,22H,11-14H2,1-4H3. The van der Waals surface area contributed by atoms with Crippen molar-refractivity contribution in [3.05, 3.63) is 59.2 Å². The van der Waals surface area contributed by atoms with Crippen LogP contribution in [-0.2, 0) is 14.8 Å². The molecular formula is C21H28N2O4S. The van der Waals surface area contributed by atoms with Gasteiger partial charge in [-0.3, -0.25) is 4.79 Å². The molecule has 0 bridgehead atoms. The normalized spacial score (nSPS) is 11.3. The molecule has 0 radical (unpaired) electrons. The lowest BCUT2D eigenvalue weighted by Gasteiger charge is -2.18. The molecule has 0 aromatic heterocycles. The number of hydrogen-bond acceptors (Lipinski definition) is 4. The Hall–Kier alpha value is -2.38. The molecule has 6 nitrogen and oxygen atoms in total. The van der Waals surface area contributed by atoms with Crippen LogP contribution < -0.4 is 9.46 Å². The van der Waals surface area contributed by atoms with Crippen molar-refractivity contribution in [3.8, 4) is 5.75 Å². The molecule has 0 aliphatic rings. The van der Waals surface area contributed by atoms with Crippen LogP contribution in [-0.4, -0.2) is 46.0 Å². The number of nitrogens with zero attached hydrogens (tertiary/aromatic N) is 1. The van der Waals surface area contributed by atoms with Crippen LogP contribution in [0, 0.1) is 20.8 Å². The molecule has 0 spiro atoms. The van der Waals surface area contributed by atoms with Gasteiger partial charge in [-0.2, -0.15) is 0 Å². The van der Waals surface area contributed by atoms with E-state index in [1.807, 2.05) is 44.2 Å². The summed E-state index contributed by atoms with van der Waals surface area (Å²) in [5.41, 5.74) is 2.70. The van der Waals surface area contributed by atoms with E-state index in [9.17, 15) is 13.2 Å². The van der Waals surface area contributed by atoms with Crippen molar-refractivity contribution in [1.29, 1.82) is 0 Å². The van der Waals surface area contributed by atoms with Crippen molar-refractivity contribution in [2.24, 2.45) is 0 Å². The molecule has 0 atom stereocenters. The molecule has 0 unspecified atom stereocenters. The van der Waals surface area contributed by atoms with Gasteiger partial charge in [-0.25, -0.2) is 13.1 Å². The highest BCUT2D eigenvalue weighted by molar-refractivity contribution is 7.89. The number of amides is 1. The van der Waals surface area contributed by atoms with Crippen molar-refractivity contribution >= 4 is 15.9 Å². The third-order valence-corrected chi connectivity index (χ3v) is 6.01. The minimum Gasteiger partial charge on any atom is -0.492 e. The number of ether oxygens (including phenoxy) is 1. The molecule has 0 saturated carbocycles. The van der Waals surface area contributed by atoms with Gasteiger partial charge in [0.05, 0.1) is 11.4 Å². The van der Waals surface area contributed by atoms with Gasteiger partial charge in [0.15, 0.2) is 0 Å². The second kappa shape index (κ2) is 9.71. The lowest BCUT2D eigenvalue weighted by Crippen LogP contribution is -2.34. The molecule has 2 rings (SSSR count). The summed E-state index contributed by atoms with van der Waals surface area (Å²) >= 11 is 0. The highest BCUT2D eigenvalue weighted by Crippen LogP contribution is 2.16. The van der Waals surface area contributed by atoms with Crippen LogP contribution in [0.3, 0.4) is 0 Å². The van der Waals surface area contributed by atoms with E-state index in [4.69, 9.17) is 4.74 Å². The summed E-state index contributed by atoms with van der Waals surface area (Å²) in [6, 6.07) is 13.0. The smallest absolute Gasteiger partial charge is 0.240 e. The summed E-state index contributed by atoms with van der Waals surface area (Å²) in [6.07, 6.45) is 0.0884. The molecule has 7 heteroatoms. The van der Waals surface area contributed by atoms with Gasteiger partial charge in [0.25, 0.3) is 0 Å². The van der Waals surface area contributed by atoms with Gasteiger partial charge >= 0.3 is 0 Å². The number of likely N-dealkylation sites (N-methyl/N-ethyl adjacent to an activating group) is 1. The van der Waals surface area contributed by atoms with Crippen LogP contribution in [0.1, 0.15) is 23.1 Å². The molecule has 0 fully saturated rings. The van der Waals surface area contributed by atoms with E-state index in [0.717, 1.165) is 16.9 Å². The van der Waals surface area contributed by atoms with Gasteiger partial charge < -0.3 is 9.64 Å². The average molecular weight is 405 g/mol. The van der Waals surface area contributed by atoms with Gasteiger partial charge in [0.2, 0.25) is 15.9 Å². The molecule has 2 aromatic carbocycles. The summed E-state index contributed by atoms with van der Waals surface area (Å²) in [7, 11) is -1.96. The molecule has 152 valence electrons. The fourth-order valence-corrected chi connectivity index (χ4v) is 3.98. The maximum absolute atomic E-state index is 12.5. The van der Waals surface area contributed by atoms with Crippen LogP contribution in [0.2, 0.25) is 0 Å². The Kier molecular flexibility index (Phi) is 7.60. The van der Waals surface area contributed by atoms with Crippen molar-refractivity contribution < 1.29 is 17.9 Å². The molecule has 0 aliphatic heterocycles. The number of hydrogen-bond donors (Lipinski definition) is 1. The van der Waals surface area contributed by atoms with Crippen LogP contribution in [0.5, 0.6) is 5.75 Å². The Morgan fingerprint density at radius 1 is 1.04 bits per heavy atom. The quantitative estimate of drug-likeness (QED) is 0.697. The first-order valence-electron chi connectivity index (χ1n) is 9.19. The first-order chi connectivity index (χ1) is 13.2. The summed E-state index contributed by atoms with van der Waals surface area (Å²) in [5.74, 6) is 0.615. The van der Waals surface area contributed by atoms with Crippen LogP contribution in [0.4, 0.5) is 0 Å². The van der Waals surface area contributed by atoms with E-state index >= 15 is 0 Å². The van der Waals surface area contributed by atoms with Gasteiger partial charge in [-0.15, -0.1) is 0 Å². The fourth-order valence-electron chi connectivity index (χ4n) is 2.62. The molecular weight excluding hydrogens is 376 g/mol. The Bertz CT molecular complexity index is 909. The van der Waals surface area contributed by atoms with Crippen LogP contribution >= 0.6 is 0 Å². The summed E-state index contributed by atoms with van der Waals surface area (Å²) in [6.45, 7) is 6.45. The number of nitrogens with one attached hydrogen (secondary N) is 1. The number of carbonyl (C=O) groups is 1.